The molecule has 1 fully saturated rings. The second-order valence-electron chi connectivity index (χ2n) is 6.47. The fourth-order valence-corrected chi connectivity index (χ4v) is 3.07. The molecule has 3 amide bonds. The lowest BCUT2D eigenvalue weighted by Crippen LogP contribution is -2.49. The first-order valence-corrected chi connectivity index (χ1v) is 8.54. The number of nitrogens with zero attached hydrogens (tertiary/aromatic N) is 1. The maximum absolute atomic E-state index is 12.2. The minimum atomic E-state index is -0.232. The van der Waals surface area contributed by atoms with Crippen molar-refractivity contribution in [2.75, 3.05) is 18.9 Å². The summed E-state index contributed by atoms with van der Waals surface area (Å²) in [6, 6.07) is 17.9. The monoisotopic (exact) mass is 337 g/mol. The Morgan fingerprint density at radius 2 is 1.88 bits per heavy atom. The van der Waals surface area contributed by atoms with Crippen molar-refractivity contribution in [2.24, 2.45) is 0 Å². The highest BCUT2D eigenvalue weighted by Gasteiger charge is 2.23. The van der Waals surface area contributed by atoms with Gasteiger partial charge >= 0.3 is 6.03 Å². The molecule has 2 aromatic carbocycles. The van der Waals surface area contributed by atoms with E-state index >= 15 is 0 Å². The minimum Gasteiger partial charge on any atom is -0.344 e. The van der Waals surface area contributed by atoms with E-state index in [2.05, 4.69) is 28.8 Å². The second kappa shape index (κ2) is 7.83. The zero-order valence-electron chi connectivity index (χ0n) is 14.4. The summed E-state index contributed by atoms with van der Waals surface area (Å²) in [5.74, 6) is 0.132. The summed E-state index contributed by atoms with van der Waals surface area (Å²) in [7, 11) is 1.77. The Morgan fingerprint density at radius 3 is 2.64 bits per heavy atom. The summed E-state index contributed by atoms with van der Waals surface area (Å²) in [5.41, 5.74) is 3.15. The number of anilines is 1. The largest absolute Gasteiger partial charge is 0.344 e. The van der Waals surface area contributed by atoms with E-state index in [1.54, 1.807) is 11.9 Å². The summed E-state index contributed by atoms with van der Waals surface area (Å²) in [6.45, 7) is 0.556. The van der Waals surface area contributed by atoms with Crippen LogP contribution in [-0.2, 0) is 11.2 Å². The molecule has 130 valence electrons. The quantitative estimate of drug-likeness (QED) is 0.901. The first kappa shape index (κ1) is 17.0. The molecule has 1 atom stereocenters. The van der Waals surface area contributed by atoms with Crippen LogP contribution in [0.3, 0.4) is 0 Å². The van der Waals surface area contributed by atoms with Crippen LogP contribution >= 0.6 is 0 Å². The lowest BCUT2D eigenvalue weighted by molar-refractivity contribution is -0.132. The van der Waals surface area contributed by atoms with Crippen LogP contribution < -0.4 is 10.6 Å². The first-order valence-electron chi connectivity index (χ1n) is 8.54. The predicted octanol–water partition coefficient (Wildman–Crippen LogP) is 3.02. The Morgan fingerprint density at radius 1 is 1.12 bits per heavy atom. The van der Waals surface area contributed by atoms with Gasteiger partial charge in [-0.25, -0.2) is 4.79 Å². The van der Waals surface area contributed by atoms with Crippen molar-refractivity contribution in [3.8, 4) is 0 Å². The minimum absolute atomic E-state index is 0.00444. The molecule has 5 heteroatoms. The van der Waals surface area contributed by atoms with Crippen LogP contribution in [0, 0.1) is 0 Å². The highest BCUT2D eigenvalue weighted by Crippen LogP contribution is 2.15. The molecule has 0 radical (unpaired) electrons. The highest BCUT2D eigenvalue weighted by molar-refractivity contribution is 5.89. The van der Waals surface area contributed by atoms with Crippen molar-refractivity contribution >= 4 is 17.6 Å². The Labute approximate surface area is 148 Å². The number of piperidine rings is 1. The molecule has 0 saturated carbocycles. The summed E-state index contributed by atoms with van der Waals surface area (Å²) in [6.07, 6.45) is 1.99. The van der Waals surface area contributed by atoms with Gasteiger partial charge in [-0.15, -0.1) is 0 Å². The third-order valence-corrected chi connectivity index (χ3v) is 4.40. The van der Waals surface area contributed by atoms with E-state index in [4.69, 9.17) is 0 Å². The van der Waals surface area contributed by atoms with E-state index in [1.165, 1.54) is 5.56 Å². The van der Waals surface area contributed by atoms with Crippen molar-refractivity contribution in [2.45, 2.75) is 25.3 Å². The average molecular weight is 337 g/mol. The molecule has 5 nitrogen and oxygen atoms in total. The van der Waals surface area contributed by atoms with Crippen LogP contribution in [0.25, 0.3) is 0 Å². The first-order chi connectivity index (χ1) is 12.1. The predicted molar refractivity (Wildman–Crippen MR) is 98.5 cm³/mol. The Kier molecular flexibility index (Phi) is 5.33. The molecule has 0 spiro atoms. The number of carbonyl (C=O) groups is 2. The molecule has 1 saturated heterocycles. The fraction of sp³-hybridized carbons (Fsp3) is 0.300. The van der Waals surface area contributed by atoms with E-state index in [0.717, 1.165) is 17.7 Å². The van der Waals surface area contributed by atoms with Gasteiger partial charge in [0, 0.05) is 31.7 Å². The number of nitrogens with one attached hydrogen (secondary N) is 2. The summed E-state index contributed by atoms with van der Waals surface area (Å²) in [4.78, 5) is 25.4. The number of hydrogen-bond donors (Lipinski definition) is 2. The van der Waals surface area contributed by atoms with Crippen LogP contribution in [0.4, 0.5) is 10.5 Å². The number of urea groups is 1. The third-order valence-electron chi connectivity index (χ3n) is 4.40. The number of hydrogen-bond acceptors (Lipinski definition) is 2. The van der Waals surface area contributed by atoms with E-state index in [-0.39, 0.29) is 18.0 Å². The maximum atomic E-state index is 12.2. The maximum Gasteiger partial charge on any atom is 0.319 e. The van der Waals surface area contributed by atoms with E-state index < -0.39 is 0 Å². The van der Waals surface area contributed by atoms with Gasteiger partial charge in [0.25, 0.3) is 0 Å². The SMILES string of the molecule is CN1C[C@H](NC(=O)Nc2cccc(Cc3ccccc3)c2)CCC1=O. The third kappa shape index (κ3) is 4.83. The fourth-order valence-electron chi connectivity index (χ4n) is 3.07. The lowest BCUT2D eigenvalue weighted by atomic mass is 10.0. The van der Waals surface area contributed by atoms with Crippen LogP contribution in [-0.4, -0.2) is 36.5 Å². The highest BCUT2D eigenvalue weighted by atomic mass is 16.2. The van der Waals surface area contributed by atoms with Gasteiger partial charge in [0.2, 0.25) is 5.91 Å². The molecule has 0 aliphatic carbocycles. The molecule has 0 bridgehead atoms. The van der Waals surface area contributed by atoms with Gasteiger partial charge in [-0.2, -0.15) is 0 Å². The number of rotatable bonds is 4. The Bertz CT molecular complexity index is 746. The van der Waals surface area contributed by atoms with E-state index in [9.17, 15) is 9.59 Å². The Hall–Kier alpha value is -2.82. The Balaban J connectivity index is 1.56. The summed E-state index contributed by atoms with van der Waals surface area (Å²) in [5, 5.41) is 5.83. The zero-order valence-corrected chi connectivity index (χ0v) is 14.4. The molecular weight excluding hydrogens is 314 g/mol. The number of amides is 3. The molecule has 1 aliphatic heterocycles. The zero-order chi connectivity index (χ0) is 17.6. The standard InChI is InChI=1S/C20H23N3O2/c1-23-14-18(10-11-19(23)24)22-20(25)21-17-9-5-8-16(13-17)12-15-6-3-2-4-7-15/h2-9,13,18H,10-12,14H2,1H3,(H2,21,22,25)/t18-/m1/s1. The molecule has 0 unspecified atom stereocenters. The van der Waals surface area contributed by atoms with Crippen LogP contribution in [0.15, 0.2) is 54.6 Å². The van der Waals surface area contributed by atoms with Gasteiger partial charge in [-0.1, -0.05) is 42.5 Å². The summed E-state index contributed by atoms with van der Waals surface area (Å²) < 4.78 is 0. The van der Waals surface area contributed by atoms with Crippen LogP contribution in [0.2, 0.25) is 0 Å². The smallest absolute Gasteiger partial charge is 0.319 e. The second-order valence-corrected chi connectivity index (χ2v) is 6.47. The molecule has 25 heavy (non-hydrogen) atoms. The van der Waals surface area contributed by atoms with E-state index in [0.29, 0.717) is 19.4 Å². The van der Waals surface area contributed by atoms with Gasteiger partial charge in [0.05, 0.1) is 0 Å². The molecule has 3 rings (SSSR count). The number of likely N-dealkylation sites (N-methyl/N-ethyl adjacent to an activating group) is 1. The topological polar surface area (TPSA) is 61.4 Å². The molecule has 1 heterocycles. The molecule has 2 N–H and O–H groups in total. The average Bonchev–Trinajstić information content (AvgIpc) is 2.59. The van der Waals surface area contributed by atoms with Crippen LogP contribution in [0.1, 0.15) is 24.0 Å². The van der Waals surface area contributed by atoms with Crippen molar-refractivity contribution in [1.82, 2.24) is 10.2 Å². The van der Waals surface area contributed by atoms with Crippen molar-refractivity contribution in [3.63, 3.8) is 0 Å². The van der Waals surface area contributed by atoms with Crippen LogP contribution in [0.5, 0.6) is 0 Å². The van der Waals surface area contributed by atoms with Gasteiger partial charge in [-0.05, 0) is 36.1 Å². The normalized spacial score (nSPS) is 17.2. The van der Waals surface area contributed by atoms with Crippen molar-refractivity contribution in [3.05, 3.63) is 65.7 Å². The van der Waals surface area contributed by atoms with Gasteiger partial charge in [0.1, 0.15) is 0 Å². The van der Waals surface area contributed by atoms with Gasteiger partial charge in [0.15, 0.2) is 0 Å². The number of carbonyl (C=O) groups excluding carboxylic acids is 2. The molecular formula is C20H23N3O2. The summed E-state index contributed by atoms with van der Waals surface area (Å²) >= 11 is 0. The van der Waals surface area contributed by atoms with Gasteiger partial charge < -0.3 is 15.5 Å². The number of benzene rings is 2. The molecule has 1 aliphatic rings. The molecule has 0 aromatic heterocycles. The lowest BCUT2D eigenvalue weighted by Gasteiger charge is -2.30. The number of likely N-dealkylation sites (tertiary alicyclic amines) is 1. The van der Waals surface area contributed by atoms with E-state index in [1.807, 2.05) is 36.4 Å². The van der Waals surface area contributed by atoms with Crippen molar-refractivity contribution in [1.29, 1.82) is 0 Å². The molecule has 2 aromatic rings. The van der Waals surface area contributed by atoms with Gasteiger partial charge in [-0.3, -0.25) is 4.79 Å². The van der Waals surface area contributed by atoms with Crippen molar-refractivity contribution < 1.29 is 9.59 Å².